The predicted molar refractivity (Wildman–Crippen MR) is 126 cm³/mol. The fourth-order valence-electron chi connectivity index (χ4n) is 5.83. The van der Waals surface area contributed by atoms with Gasteiger partial charge in [-0.3, -0.25) is 4.90 Å². The molecular weight excluding hydrogens is 368 g/mol. The van der Waals surface area contributed by atoms with Crippen LogP contribution in [0, 0.1) is 0 Å². The molecule has 0 spiro atoms. The Kier molecular flexibility index (Phi) is 5.96. The van der Waals surface area contributed by atoms with Crippen molar-refractivity contribution in [3.63, 3.8) is 0 Å². The lowest BCUT2D eigenvalue weighted by atomic mass is 9.65. The predicted octanol–water partition coefficient (Wildman–Crippen LogP) is 5.24. The molecule has 2 saturated heterocycles. The van der Waals surface area contributed by atoms with E-state index in [4.69, 9.17) is 0 Å². The largest absolute Gasteiger partial charge is 0.390 e. The van der Waals surface area contributed by atoms with Crippen LogP contribution < -0.4 is 4.90 Å². The van der Waals surface area contributed by atoms with Crippen LogP contribution >= 0.6 is 0 Å². The molecule has 3 heteroatoms. The zero-order valence-corrected chi connectivity index (χ0v) is 19.0. The smallest absolute Gasteiger partial charge is 0.0678 e. The van der Waals surface area contributed by atoms with E-state index in [0.29, 0.717) is 0 Å². The van der Waals surface area contributed by atoms with Crippen molar-refractivity contribution in [1.29, 1.82) is 0 Å². The van der Waals surface area contributed by atoms with Gasteiger partial charge in [0.1, 0.15) is 0 Å². The van der Waals surface area contributed by atoms with E-state index in [0.717, 1.165) is 51.7 Å². The highest BCUT2D eigenvalue weighted by Crippen LogP contribution is 2.47. The third kappa shape index (κ3) is 4.43. The lowest BCUT2D eigenvalue weighted by molar-refractivity contribution is -0.110. The zero-order valence-electron chi connectivity index (χ0n) is 19.0. The van der Waals surface area contributed by atoms with E-state index in [1.807, 2.05) is 0 Å². The molecule has 0 bridgehead atoms. The molecule has 30 heavy (non-hydrogen) atoms. The average molecular weight is 407 g/mol. The van der Waals surface area contributed by atoms with Crippen LogP contribution in [0.15, 0.2) is 60.7 Å². The minimum atomic E-state index is -0.525. The van der Waals surface area contributed by atoms with E-state index in [1.165, 1.54) is 17.7 Å². The first-order valence-electron chi connectivity index (χ1n) is 11.6. The molecule has 162 valence electrons. The molecule has 2 heterocycles. The lowest BCUT2D eigenvalue weighted by Crippen LogP contribution is -2.63. The monoisotopic (exact) mass is 406 g/mol. The standard InChI is InChI=1S/C27H38N2O/c1-25(23-11-6-4-7-12-23)16-17-26(2)21-27(30,18-20-29(26)22-25)15-10-19-28(3)24-13-8-5-9-14-24/h4-9,11-14,30H,10,15-22H2,1-3H3. The summed E-state index contributed by atoms with van der Waals surface area (Å²) in [7, 11) is 2.15. The fourth-order valence-corrected chi connectivity index (χ4v) is 5.83. The number of aliphatic hydroxyl groups is 1. The van der Waals surface area contributed by atoms with Gasteiger partial charge in [0.2, 0.25) is 0 Å². The molecule has 2 aromatic rings. The first kappa shape index (κ1) is 21.4. The van der Waals surface area contributed by atoms with Gasteiger partial charge in [-0.2, -0.15) is 0 Å². The second kappa shape index (κ2) is 8.36. The summed E-state index contributed by atoms with van der Waals surface area (Å²) in [5.74, 6) is 0. The summed E-state index contributed by atoms with van der Waals surface area (Å²) in [4.78, 5) is 4.97. The van der Waals surface area contributed by atoms with Crippen LogP contribution in [0.1, 0.15) is 57.9 Å². The molecule has 0 radical (unpaired) electrons. The van der Waals surface area contributed by atoms with Crippen molar-refractivity contribution in [3.8, 4) is 0 Å². The maximum Gasteiger partial charge on any atom is 0.0678 e. The number of fused-ring (bicyclic) bond motifs is 1. The number of hydrogen-bond donors (Lipinski definition) is 1. The highest BCUT2D eigenvalue weighted by Gasteiger charge is 2.50. The second-order valence-corrected chi connectivity index (χ2v) is 10.4. The Morgan fingerprint density at radius 3 is 2.30 bits per heavy atom. The minimum absolute atomic E-state index is 0.118. The number of rotatable bonds is 6. The molecule has 4 rings (SSSR count). The molecule has 3 nitrogen and oxygen atoms in total. The van der Waals surface area contributed by atoms with Crippen LogP contribution in [0.25, 0.3) is 0 Å². The minimum Gasteiger partial charge on any atom is -0.390 e. The van der Waals surface area contributed by atoms with E-state index >= 15 is 0 Å². The molecule has 0 aromatic heterocycles. The van der Waals surface area contributed by atoms with Gasteiger partial charge in [0, 0.05) is 43.3 Å². The van der Waals surface area contributed by atoms with E-state index in [2.05, 4.69) is 91.4 Å². The Hall–Kier alpha value is -1.84. The maximum atomic E-state index is 11.5. The third-order valence-corrected chi connectivity index (χ3v) is 7.88. The van der Waals surface area contributed by atoms with Gasteiger partial charge in [-0.25, -0.2) is 0 Å². The number of piperidine rings is 2. The molecule has 2 aliphatic heterocycles. The van der Waals surface area contributed by atoms with E-state index < -0.39 is 5.60 Å². The topological polar surface area (TPSA) is 26.7 Å². The summed E-state index contributed by atoms with van der Waals surface area (Å²) in [6.45, 7) is 7.89. The third-order valence-electron chi connectivity index (χ3n) is 7.88. The van der Waals surface area contributed by atoms with Crippen molar-refractivity contribution in [2.45, 2.75) is 68.9 Å². The van der Waals surface area contributed by atoms with Gasteiger partial charge in [-0.15, -0.1) is 0 Å². The molecular formula is C27H38N2O. The molecule has 2 aliphatic rings. The van der Waals surface area contributed by atoms with Gasteiger partial charge in [-0.1, -0.05) is 55.5 Å². The summed E-state index contributed by atoms with van der Waals surface area (Å²) in [5, 5.41) is 11.5. The number of hydrogen-bond acceptors (Lipinski definition) is 3. The Morgan fingerprint density at radius 1 is 0.933 bits per heavy atom. The normalized spacial score (nSPS) is 31.9. The molecule has 1 N–H and O–H groups in total. The van der Waals surface area contributed by atoms with Crippen LogP contribution in [-0.2, 0) is 5.41 Å². The maximum absolute atomic E-state index is 11.5. The summed E-state index contributed by atoms with van der Waals surface area (Å²) in [6.07, 6.45) is 6.06. The van der Waals surface area contributed by atoms with Crippen molar-refractivity contribution in [3.05, 3.63) is 66.2 Å². The highest BCUT2D eigenvalue weighted by molar-refractivity contribution is 5.44. The van der Waals surface area contributed by atoms with Crippen molar-refractivity contribution in [2.75, 3.05) is 31.6 Å². The van der Waals surface area contributed by atoms with Crippen molar-refractivity contribution >= 4 is 5.69 Å². The highest BCUT2D eigenvalue weighted by atomic mass is 16.3. The van der Waals surface area contributed by atoms with Gasteiger partial charge in [0.15, 0.2) is 0 Å². The van der Waals surface area contributed by atoms with Crippen LogP contribution in [0.2, 0.25) is 0 Å². The summed E-state index contributed by atoms with van der Waals surface area (Å²) < 4.78 is 0. The molecule has 3 unspecified atom stereocenters. The molecule has 2 aromatic carbocycles. The van der Waals surface area contributed by atoms with Crippen LogP contribution in [0.3, 0.4) is 0 Å². The Morgan fingerprint density at radius 2 is 1.60 bits per heavy atom. The second-order valence-electron chi connectivity index (χ2n) is 10.4. The first-order chi connectivity index (χ1) is 14.3. The van der Waals surface area contributed by atoms with Gasteiger partial charge in [0.25, 0.3) is 0 Å². The van der Waals surface area contributed by atoms with Crippen LogP contribution in [0.4, 0.5) is 5.69 Å². The first-order valence-corrected chi connectivity index (χ1v) is 11.6. The Bertz CT molecular complexity index is 825. The van der Waals surface area contributed by atoms with Crippen molar-refractivity contribution in [2.24, 2.45) is 0 Å². The zero-order chi connectivity index (χ0) is 21.2. The van der Waals surface area contributed by atoms with Crippen LogP contribution in [-0.4, -0.2) is 47.8 Å². The van der Waals surface area contributed by atoms with Crippen molar-refractivity contribution in [1.82, 2.24) is 4.90 Å². The number of para-hydroxylation sites is 1. The van der Waals surface area contributed by atoms with Crippen molar-refractivity contribution < 1.29 is 5.11 Å². The molecule has 0 saturated carbocycles. The van der Waals surface area contributed by atoms with E-state index in [1.54, 1.807) is 0 Å². The molecule has 0 amide bonds. The number of benzene rings is 2. The fraction of sp³-hybridized carbons (Fsp3) is 0.556. The lowest BCUT2D eigenvalue weighted by Gasteiger charge is -2.57. The summed E-state index contributed by atoms with van der Waals surface area (Å²) in [5.41, 5.74) is 2.51. The summed E-state index contributed by atoms with van der Waals surface area (Å²) >= 11 is 0. The Labute approximate surface area is 182 Å². The quantitative estimate of drug-likeness (QED) is 0.711. The van der Waals surface area contributed by atoms with E-state index in [9.17, 15) is 5.11 Å². The average Bonchev–Trinajstić information content (AvgIpc) is 2.75. The molecule has 0 aliphatic carbocycles. The summed E-state index contributed by atoms with van der Waals surface area (Å²) in [6, 6.07) is 21.5. The molecule has 3 atom stereocenters. The number of nitrogens with zero attached hydrogens (tertiary/aromatic N) is 2. The van der Waals surface area contributed by atoms with Crippen LogP contribution in [0.5, 0.6) is 0 Å². The van der Waals surface area contributed by atoms with E-state index in [-0.39, 0.29) is 11.0 Å². The van der Waals surface area contributed by atoms with Gasteiger partial charge < -0.3 is 10.0 Å². The Balaban J connectivity index is 1.35. The SMILES string of the molecule is CN(CCCC1(O)CCN2CC(C)(c3ccccc3)CCC2(C)C1)c1ccccc1. The van der Waals surface area contributed by atoms with Gasteiger partial charge >= 0.3 is 0 Å². The van der Waals surface area contributed by atoms with Gasteiger partial charge in [0.05, 0.1) is 5.60 Å². The molecule has 2 fully saturated rings. The van der Waals surface area contributed by atoms with Gasteiger partial charge in [-0.05, 0) is 63.1 Å². The number of anilines is 1.